The van der Waals surface area contributed by atoms with Gasteiger partial charge in [-0.15, -0.1) is 0 Å². The summed E-state index contributed by atoms with van der Waals surface area (Å²) in [6, 6.07) is 6.01. The second kappa shape index (κ2) is 7.25. The Kier molecular flexibility index (Phi) is 5.97. The summed E-state index contributed by atoms with van der Waals surface area (Å²) in [6.45, 7) is 3.84. The number of carbonyl (C=O) groups is 1. The second-order valence-electron chi connectivity index (χ2n) is 4.41. The third-order valence-corrected chi connectivity index (χ3v) is 4.05. The van der Waals surface area contributed by atoms with Gasteiger partial charge in [-0.05, 0) is 30.7 Å². The lowest BCUT2D eigenvalue weighted by atomic mass is 10.2. The maximum absolute atomic E-state index is 11.9. The zero-order valence-electron chi connectivity index (χ0n) is 11.5. The van der Waals surface area contributed by atoms with E-state index in [4.69, 9.17) is 9.84 Å². The number of hydrogen-bond donors (Lipinski definition) is 2. The number of carboxylic acids is 1. The third-order valence-electron chi connectivity index (χ3n) is 2.61. The second-order valence-corrected chi connectivity index (χ2v) is 6.18. The summed E-state index contributed by atoms with van der Waals surface area (Å²) in [5, 5.41) is 8.72. The minimum Gasteiger partial charge on any atom is -0.494 e. The van der Waals surface area contributed by atoms with Gasteiger partial charge in [0.05, 0.1) is 17.4 Å². The molecular weight excluding hydrogens is 282 g/mol. The molecule has 0 heterocycles. The van der Waals surface area contributed by atoms with Crippen LogP contribution < -0.4 is 9.46 Å². The Hall–Kier alpha value is -1.60. The smallest absolute Gasteiger partial charge is 0.307 e. The van der Waals surface area contributed by atoms with Crippen LogP contribution in [-0.4, -0.2) is 32.6 Å². The fourth-order valence-electron chi connectivity index (χ4n) is 1.34. The summed E-state index contributed by atoms with van der Waals surface area (Å²) in [5.41, 5.74) is 0. The van der Waals surface area contributed by atoms with Crippen LogP contribution in [0.2, 0.25) is 0 Å². The molecule has 0 saturated heterocycles. The molecule has 7 heteroatoms. The van der Waals surface area contributed by atoms with Crippen LogP contribution in [0.3, 0.4) is 0 Å². The van der Waals surface area contributed by atoms with E-state index in [1.165, 1.54) is 19.1 Å². The van der Waals surface area contributed by atoms with Crippen LogP contribution in [0.25, 0.3) is 0 Å². The third kappa shape index (κ3) is 4.82. The zero-order valence-corrected chi connectivity index (χ0v) is 12.3. The molecule has 20 heavy (non-hydrogen) atoms. The van der Waals surface area contributed by atoms with Gasteiger partial charge in [0.25, 0.3) is 0 Å². The summed E-state index contributed by atoms with van der Waals surface area (Å²) >= 11 is 0. The molecule has 0 aliphatic rings. The van der Waals surface area contributed by atoms with Crippen LogP contribution in [0.4, 0.5) is 0 Å². The highest BCUT2D eigenvalue weighted by atomic mass is 32.2. The summed E-state index contributed by atoms with van der Waals surface area (Å²) < 4.78 is 31.5. The fraction of sp³-hybridized carbons (Fsp3) is 0.462. The van der Waals surface area contributed by atoms with Crippen molar-refractivity contribution in [2.75, 3.05) is 13.2 Å². The highest BCUT2D eigenvalue weighted by Crippen LogP contribution is 2.16. The number of hydrogen-bond acceptors (Lipinski definition) is 4. The van der Waals surface area contributed by atoms with Crippen LogP contribution in [0.15, 0.2) is 29.2 Å². The van der Waals surface area contributed by atoms with Crippen molar-refractivity contribution in [3.63, 3.8) is 0 Å². The number of nitrogens with one attached hydrogen (secondary N) is 1. The van der Waals surface area contributed by atoms with Crippen molar-refractivity contribution in [3.8, 4) is 5.75 Å². The van der Waals surface area contributed by atoms with Crippen molar-refractivity contribution < 1.29 is 23.1 Å². The van der Waals surface area contributed by atoms with Gasteiger partial charge in [0.1, 0.15) is 5.75 Å². The van der Waals surface area contributed by atoms with Gasteiger partial charge in [-0.2, -0.15) is 0 Å². The van der Waals surface area contributed by atoms with Gasteiger partial charge in [0.15, 0.2) is 0 Å². The lowest BCUT2D eigenvalue weighted by molar-refractivity contribution is -0.140. The van der Waals surface area contributed by atoms with E-state index in [0.29, 0.717) is 12.4 Å². The van der Waals surface area contributed by atoms with Gasteiger partial charge in [-0.25, -0.2) is 13.1 Å². The predicted octanol–water partition coefficient (Wildman–Crippen LogP) is 1.47. The van der Waals surface area contributed by atoms with Crippen LogP contribution in [0, 0.1) is 5.92 Å². The van der Waals surface area contributed by atoms with E-state index < -0.39 is 21.9 Å². The minimum atomic E-state index is -3.70. The van der Waals surface area contributed by atoms with Gasteiger partial charge in [-0.1, -0.05) is 13.8 Å². The quantitative estimate of drug-likeness (QED) is 0.758. The van der Waals surface area contributed by atoms with E-state index in [9.17, 15) is 13.2 Å². The van der Waals surface area contributed by atoms with Crippen molar-refractivity contribution in [2.45, 2.75) is 25.2 Å². The zero-order chi connectivity index (χ0) is 15.2. The molecule has 1 aromatic rings. The average Bonchev–Trinajstić information content (AvgIpc) is 2.43. The average molecular weight is 301 g/mol. The van der Waals surface area contributed by atoms with Gasteiger partial charge in [-0.3, -0.25) is 4.79 Å². The first kappa shape index (κ1) is 16.5. The Morgan fingerprint density at radius 2 is 1.95 bits per heavy atom. The molecule has 0 aromatic heterocycles. The van der Waals surface area contributed by atoms with Gasteiger partial charge < -0.3 is 9.84 Å². The van der Waals surface area contributed by atoms with Crippen molar-refractivity contribution >= 4 is 16.0 Å². The van der Waals surface area contributed by atoms with Crippen molar-refractivity contribution in [1.82, 2.24) is 4.72 Å². The molecule has 112 valence electrons. The SMILES string of the molecule is CCCOc1ccc(S(=O)(=O)NCC(C)C(=O)O)cc1. The largest absolute Gasteiger partial charge is 0.494 e. The molecule has 6 nitrogen and oxygen atoms in total. The Labute approximate surface area is 118 Å². The molecule has 1 aromatic carbocycles. The van der Waals surface area contributed by atoms with Gasteiger partial charge in [0, 0.05) is 6.54 Å². The van der Waals surface area contributed by atoms with Gasteiger partial charge >= 0.3 is 5.97 Å². The Balaban J connectivity index is 2.70. The number of ether oxygens (including phenoxy) is 1. The fourth-order valence-corrected chi connectivity index (χ4v) is 2.47. The Morgan fingerprint density at radius 1 is 1.35 bits per heavy atom. The molecule has 0 amide bonds. The molecule has 0 aliphatic carbocycles. The highest BCUT2D eigenvalue weighted by Gasteiger charge is 2.18. The summed E-state index contributed by atoms with van der Waals surface area (Å²) in [7, 11) is -3.70. The standard InChI is InChI=1S/C13H19NO5S/c1-3-8-19-11-4-6-12(7-5-11)20(17,18)14-9-10(2)13(15)16/h4-7,10,14H,3,8-9H2,1-2H3,(H,15,16). The van der Waals surface area contributed by atoms with Crippen LogP contribution >= 0.6 is 0 Å². The van der Waals surface area contributed by atoms with E-state index in [0.717, 1.165) is 6.42 Å². The molecule has 1 atom stereocenters. The van der Waals surface area contributed by atoms with Crippen molar-refractivity contribution in [1.29, 1.82) is 0 Å². The summed E-state index contributed by atoms with van der Waals surface area (Å²) in [5.74, 6) is -1.22. The molecule has 0 bridgehead atoms. The van der Waals surface area contributed by atoms with E-state index in [1.54, 1.807) is 12.1 Å². The topological polar surface area (TPSA) is 92.7 Å². The molecule has 1 rings (SSSR count). The molecule has 2 N–H and O–H groups in total. The molecule has 1 unspecified atom stereocenters. The first-order chi connectivity index (χ1) is 9.36. The van der Waals surface area contributed by atoms with Crippen LogP contribution in [0.1, 0.15) is 20.3 Å². The van der Waals surface area contributed by atoms with Crippen molar-refractivity contribution in [2.24, 2.45) is 5.92 Å². The molecular formula is C13H19NO5S. The molecule has 0 aliphatic heterocycles. The Bertz CT molecular complexity index is 538. The summed E-state index contributed by atoms with van der Waals surface area (Å²) in [4.78, 5) is 10.7. The van der Waals surface area contributed by atoms with E-state index in [1.807, 2.05) is 6.92 Å². The molecule has 0 radical (unpaired) electrons. The van der Waals surface area contributed by atoms with E-state index >= 15 is 0 Å². The first-order valence-electron chi connectivity index (χ1n) is 6.32. The van der Waals surface area contributed by atoms with E-state index in [-0.39, 0.29) is 11.4 Å². The van der Waals surface area contributed by atoms with E-state index in [2.05, 4.69) is 4.72 Å². The highest BCUT2D eigenvalue weighted by molar-refractivity contribution is 7.89. The molecule has 0 saturated carbocycles. The minimum absolute atomic E-state index is 0.0823. The van der Waals surface area contributed by atoms with Crippen LogP contribution in [-0.2, 0) is 14.8 Å². The number of rotatable bonds is 8. The number of aliphatic carboxylic acids is 1. The van der Waals surface area contributed by atoms with Crippen LogP contribution in [0.5, 0.6) is 5.75 Å². The molecule has 0 spiro atoms. The lowest BCUT2D eigenvalue weighted by Gasteiger charge is -2.10. The number of benzene rings is 1. The maximum Gasteiger partial charge on any atom is 0.307 e. The first-order valence-corrected chi connectivity index (χ1v) is 7.80. The predicted molar refractivity (Wildman–Crippen MR) is 74.2 cm³/mol. The van der Waals surface area contributed by atoms with Crippen molar-refractivity contribution in [3.05, 3.63) is 24.3 Å². The molecule has 0 fully saturated rings. The number of sulfonamides is 1. The maximum atomic E-state index is 11.9. The van der Waals surface area contributed by atoms with Gasteiger partial charge in [0.2, 0.25) is 10.0 Å². The lowest BCUT2D eigenvalue weighted by Crippen LogP contribution is -2.31. The summed E-state index contributed by atoms with van der Waals surface area (Å²) in [6.07, 6.45) is 0.870. The normalized spacial score (nSPS) is 12.9. The monoisotopic (exact) mass is 301 g/mol. The number of carboxylic acid groups (broad SMARTS) is 1. The Morgan fingerprint density at radius 3 is 2.45 bits per heavy atom.